The Labute approximate surface area is 289 Å². The molecule has 5 rings (SSSR count). The lowest BCUT2D eigenvalue weighted by atomic mass is 9.75. The van der Waals surface area contributed by atoms with E-state index in [4.69, 9.17) is 26.1 Å². The molecule has 258 valence electrons. The standard InChI is InChI=1S/C39H48N6O4/c1-10-12-17-44(11-2)30-15-13-28(24(4)20-30)21-32-35(40-8)34(39(47)49-36-25(5)18-23(3)19-26(36)6)38-42-37(43-45(32)38)31-22-29(41-27(7)46)14-16-33(31)48-9/h13-16,20-23,25-26,36H,10-12,17-19H2,1-7,9H3,(H,41,46)/b32-21+. The number of carbonyl (C=O) groups excluding carboxylic acids is 2. The molecule has 49 heavy (non-hydrogen) atoms. The fourth-order valence-corrected chi connectivity index (χ4v) is 7.28. The number of nitrogens with one attached hydrogen (secondary N) is 1. The minimum absolute atomic E-state index is 0.0981. The van der Waals surface area contributed by atoms with Gasteiger partial charge < -0.3 is 19.7 Å². The highest BCUT2D eigenvalue weighted by Crippen LogP contribution is 2.37. The maximum absolute atomic E-state index is 14.2. The molecular formula is C39H48N6O4. The summed E-state index contributed by atoms with van der Waals surface area (Å²) in [5, 5.41) is 8.09. The van der Waals surface area contributed by atoms with Crippen LogP contribution in [0.4, 0.5) is 17.1 Å². The van der Waals surface area contributed by atoms with E-state index in [0.717, 1.165) is 55.6 Å². The molecule has 1 aliphatic rings. The largest absolute Gasteiger partial charge is 0.496 e. The number of nitrogens with zero attached hydrogens (tertiary/aromatic N) is 5. The minimum Gasteiger partial charge on any atom is -0.496 e. The molecule has 2 heterocycles. The number of amides is 1. The summed E-state index contributed by atoms with van der Waals surface area (Å²) in [4.78, 5) is 37.1. The van der Waals surface area contributed by atoms with E-state index in [9.17, 15) is 9.59 Å². The average Bonchev–Trinajstić information content (AvgIpc) is 3.61. The first-order valence-corrected chi connectivity index (χ1v) is 17.3. The Hall–Kier alpha value is -4.91. The van der Waals surface area contributed by atoms with Crippen molar-refractivity contribution in [2.75, 3.05) is 30.4 Å². The first-order valence-electron chi connectivity index (χ1n) is 17.3. The number of esters is 1. The van der Waals surface area contributed by atoms with Gasteiger partial charge in [0.2, 0.25) is 11.6 Å². The summed E-state index contributed by atoms with van der Waals surface area (Å²) in [7, 11) is 1.55. The van der Waals surface area contributed by atoms with Gasteiger partial charge >= 0.3 is 5.97 Å². The van der Waals surface area contributed by atoms with Crippen LogP contribution in [0.1, 0.15) is 88.7 Å². The summed E-state index contributed by atoms with van der Waals surface area (Å²) < 4.78 is 13.4. The van der Waals surface area contributed by atoms with Gasteiger partial charge in [-0.25, -0.2) is 19.1 Å². The van der Waals surface area contributed by atoms with Gasteiger partial charge in [0, 0.05) is 31.4 Å². The van der Waals surface area contributed by atoms with Crippen molar-refractivity contribution >= 4 is 40.7 Å². The predicted octanol–water partition coefficient (Wildman–Crippen LogP) is 7.62. The van der Waals surface area contributed by atoms with Crippen LogP contribution in [0, 0.1) is 31.2 Å². The second-order valence-electron chi connectivity index (χ2n) is 13.5. The number of methoxy groups -OCH3 is 1. The quantitative estimate of drug-likeness (QED) is 0.130. The van der Waals surface area contributed by atoms with Crippen LogP contribution in [0.15, 0.2) is 36.4 Å². The number of hydrogen-bond donors (Lipinski definition) is 1. The molecule has 1 aliphatic carbocycles. The molecule has 0 spiro atoms. The van der Waals surface area contributed by atoms with Gasteiger partial charge in [0.05, 0.1) is 24.6 Å². The van der Waals surface area contributed by atoms with Gasteiger partial charge in [-0.3, -0.25) is 4.79 Å². The lowest BCUT2D eigenvalue weighted by molar-refractivity contribution is -0.114. The number of ether oxygens (including phenoxy) is 2. The first kappa shape index (κ1) is 35.4. The number of fused-ring (bicyclic) bond motifs is 1. The minimum atomic E-state index is -0.576. The number of benzene rings is 2. The molecule has 0 aliphatic heterocycles. The molecule has 1 fully saturated rings. The second kappa shape index (κ2) is 15.1. The van der Waals surface area contributed by atoms with Crippen LogP contribution in [0.2, 0.25) is 0 Å². The van der Waals surface area contributed by atoms with E-state index in [1.807, 2.05) is 19.1 Å². The van der Waals surface area contributed by atoms with Crippen LogP contribution in [0.5, 0.6) is 5.75 Å². The van der Waals surface area contributed by atoms with Gasteiger partial charge in [-0.15, -0.1) is 5.10 Å². The summed E-state index contributed by atoms with van der Waals surface area (Å²) >= 11 is 0. The highest BCUT2D eigenvalue weighted by Gasteiger charge is 2.36. The molecule has 0 saturated heterocycles. The van der Waals surface area contributed by atoms with E-state index >= 15 is 0 Å². The Kier molecular flexibility index (Phi) is 10.9. The fourth-order valence-electron chi connectivity index (χ4n) is 7.28. The molecule has 10 nitrogen and oxygen atoms in total. The van der Waals surface area contributed by atoms with Crippen LogP contribution in [0.3, 0.4) is 0 Å². The summed E-state index contributed by atoms with van der Waals surface area (Å²) in [5.41, 5.74) is 4.65. The van der Waals surface area contributed by atoms with Gasteiger partial charge in [0.1, 0.15) is 17.4 Å². The summed E-state index contributed by atoms with van der Waals surface area (Å²) in [5.74, 6) is 0.918. The molecule has 4 aromatic rings. The van der Waals surface area contributed by atoms with Gasteiger partial charge in [0.15, 0.2) is 11.5 Å². The van der Waals surface area contributed by atoms with Gasteiger partial charge in [-0.2, -0.15) is 0 Å². The lowest BCUT2D eigenvalue weighted by Gasteiger charge is -2.37. The van der Waals surface area contributed by atoms with Crippen LogP contribution in [0.25, 0.3) is 28.0 Å². The van der Waals surface area contributed by atoms with E-state index in [1.54, 1.807) is 29.8 Å². The normalized spacial score (nSPS) is 19.4. The van der Waals surface area contributed by atoms with Crippen molar-refractivity contribution < 1.29 is 19.1 Å². The van der Waals surface area contributed by atoms with E-state index in [-0.39, 0.29) is 46.6 Å². The fraction of sp³-hybridized carbons (Fsp3) is 0.462. The zero-order valence-electron chi connectivity index (χ0n) is 30.0. The molecule has 1 N–H and O–H groups in total. The van der Waals surface area contributed by atoms with Crippen molar-refractivity contribution in [2.45, 2.75) is 80.3 Å². The zero-order valence-corrected chi connectivity index (χ0v) is 30.0. The maximum Gasteiger partial charge on any atom is 0.331 e. The number of aryl methyl sites for hydroxylation is 1. The molecule has 0 radical (unpaired) electrons. The van der Waals surface area contributed by atoms with Crippen LogP contribution < -0.4 is 20.3 Å². The predicted molar refractivity (Wildman–Crippen MR) is 194 cm³/mol. The van der Waals surface area contributed by atoms with Gasteiger partial charge in [-0.1, -0.05) is 40.2 Å². The highest BCUT2D eigenvalue weighted by molar-refractivity contribution is 6.03. The molecule has 2 aromatic carbocycles. The Balaban J connectivity index is 1.69. The number of hydrogen-bond acceptors (Lipinski definition) is 7. The highest BCUT2D eigenvalue weighted by atomic mass is 16.5. The molecular weight excluding hydrogens is 616 g/mol. The number of aromatic nitrogens is 3. The molecule has 2 unspecified atom stereocenters. The summed E-state index contributed by atoms with van der Waals surface area (Å²) in [6.07, 6.45) is 5.80. The van der Waals surface area contributed by atoms with Crippen molar-refractivity contribution in [3.05, 3.63) is 69.9 Å². The smallest absolute Gasteiger partial charge is 0.331 e. The SMILES string of the molecule is [C-]#[N+]c1c(C(=O)OC2C(C)CC(C)CC2C)c2nc(-c3cc(NC(C)=O)ccc3OC)nn2/c1=C/c1ccc(N(CC)CCCC)cc1C. The van der Waals surface area contributed by atoms with Crippen LogP contribution in [-0.4, -0.2) is 52.8 Å². The third-order valence-electron chi connectivity index (χ3n) is 9.60. The monoisotopic (exact) mass is 664 g/mol. The lowest BCUT2D eigenvalue weighted by Crippen LogP contribution is -2.37. The number of carbonyl (C=O) groups is 2. The zero-order chi connectivity index (χ0) is 35.4. The first-order chi connectivity index (χ1) is 23.5. The Morgan fingerprint density at radius 2 is 1.86 bits per heavy atom. The molecule has 2 atom stereocenters. The van der Waals surface area contributed by atoms with E-state index in [1.165, 1.54) is 6.92 Å². The van der Waals surface area contributed by atoms with Crippen molar-refractivity contribution in [3.63, 3.8) is 0 Å². The van der Waals surface area contributed by atoms with Crippen molar-refractivity contribution in [2.24, 2.45) is 17.8 Å². The number of unbranched alkanes of at least 4 members (excludes halogenated alkanes) is 1. The third kappa shape index (κ3) is 7.41. The van der Waals surface area contributed by atoms with E-state index in [2.05, 4.69) is 61.8 Å². The van der Waals surface area contributed by atoms with Crippen molar-refractivity contribution in [1.29, 1.82) is 0 Å². The molecule has 1 saturated carbocycles. The van der Waals surface area contributed by atoms with Gasteiger partial charge in [0.25, 0.3) is 0 Å². The Bertz CT molecular complexity index is 1930. The van der Waals surface area contributed by atoms with E-state index < -0.39 is 5.97 Å². The summed E-state index contributed by atoms with van der Waals surface area (Å²) in [6.45, 7) is 24.5. The van der Waals surface area contributed by atoms with E-state index in [0.29, 0.717) is 28.3 Å². The number of anilines is 2. The Morgan fingerprint density at radius 1 is 1.12 bits per heavy atom. The van der Waals surface area contributed by atoms with Crippen molar-refractivity contribution in [1.82, 2.24) is 14.6 Å². The maximum atomic E-state index is 14.2. The van der Waals surface area contributed by atoms with Crippen LogP contribution in [-0.2, 0) is 9.53 Å². The number of rotatable bonds is 11. The Morgan fingerprint density at radius 3 is 2.47 bits per heavy atom. The van der Waals surface area contributed by atoms with Crippen molar-refractivity contribution in [3.8, 4) is 17.1 Å². The summed E-state index contributed by atoms with van der Waals surface area (Å²) in [6, 6.07) is 11.5. The molecule has 10 heteroatoms. The average molecular weight is 665 g/mol. The molecule has 2 aromatic heterocycles. The van der Waals surface area contributed by atoms with Gasteiger partial charge in [-0.05, 0) is 98.4 Å². The third-order valence-corrected chi connectivity index (χ3v) is 9.60. The molecule has 0 bridgehead atoms. The molecule has 1 amide bonds. The topological polar surface area (TPSA) is 102 Å². The van der Waals surface area contributed by atoms with Crippen LogP contribution >= 0.6 is 0 Å². The second-order valence-corrected chi connectivity index (χ2v) is 13.5.